The van der Waals surface area contributed by atoms with Crippen LogP contribution >= 0.6 is 0 Å². The Labute approximate surface area is 95.3 Å². The summed E-state index contributed by atoms with van der Waals surface area (Å²) in [7, 11) is 0. The zero-order chi connectivity index (χ0) is 11.5. The van der Waals surface area contributed by atoms with Gasteiger partial charge in [0.15, 0.2) is 0 Å². The van der Waals surface area contributed by atoms with Gasteiger partial charge in [-0.3, -0.25) is 9.59 Å². The fraction of sp³-hybridized carbons (Fsp3) is 0.727. The Morgan fingerprint density at radius 1 is 1.38 bits per heavy atom. The maximum absolute atomic E-state index is 12.1. The minimum absolute atomic E-state index is 0.0193. The van der Waals surface area contributed by atoms with Crippen molar-refractivity contribution in [2.75, 3.05) is 32.8 Å². The van der Waals surface area contributed by atoms with Crippen molar-refractivity contribution in [3.63, 3.8) is 0 Å². The van der Waals surface area contributed by atoms with Crippen molar-refractivity contribution < 1.29 is 14.3 Å². The smallest absolute Gasteiger partial charge is 0.245 e. The average Bonchev–Trinajstić information content (AvgIpc) is 2.75. The highest BCUT2D eigenvalue weighted by molar-refractivity contribution is 5.92. The molecule has 1 radical (unpaired) electrons. The number of rotatable bonds is 2. The van der Waals surface area contributed by atoms with Crippen LogP contribution in [-0.4, -0.2) is 60.5 Å². The van der Waals surface area contributed by atoms with E-state index >= 15 is 0 Å². The summed E-state index contributed by atoms with van der Waals surface area (Å²) in [5.74, 6) is 0.0149. The molecule has 2 rings (SSSR count). The van der Waals surface area contributed by atoms with Gasteiger partial charge in [0.05, 0.1) is 19.6 Å². The molecule has 2 fully saturated rings. The zero-order valence-corrected chi connectivity index (χ0v) is 9.52. The molecule has 5 heteroatoms. The van der Waals surface area contributed by atoms with Crippen LogP contribution in [0.5, 0.6) is 0 Å². The molecule has 0 unspecified atom stereocenters. The number of carbonyl (C=O) groups is 2. The van der Waals surface area contributed by atoms with Crippen molar-refractivity contribution in [1.29, 1.82) is 0 Å². The minimum Gasteiger partial charge on any atom is -0.378 e. The van der Waals surface area contributed by atoms with Crippen molar-refractivity contribution in [1.82, 2.24) is 9.80 Å². The molecular weight excluding hydrogens is 208 g/mol. The molecular formula is C11H17N2O3. The van der Waals surface area contributed by atoms with Gasteiger partial charge in [0.25, 0.3) is 0 Å². The summed E-state index contributed by atoms with van der Waals surface area (Å²) >= 11 is 0. The molecule has 2 aliphatic rings. The lowest BCUT2D eigenvalue weighted by Crippen LogP contribution is -2.50. The predicted octanol–water partition coefficient (Wildman–Crippen LogP) is -0.330. The van der Waals surface area contributed by atoms with E-state index in [0.717, 1.165) is 6.42 Å². The van der Waals surface area contributed by atoms with E-state index in [1.54, 1.807) is 23.1 Å². The largest absolute Gasteiger partial charge is 0.378 e. The van der Waals surface area contributed by atoms with Crippen LogP contribution < -0.4 is 0 Å². The van der Waals surface area contributed by atoms with Gasteiger partial charge in [0.1, 0.15) is 6.04 Å². The number of nitrogens with zero attached hydrogens (tertiary/aromatic N) is 2. The van der Waals surface area contributed by atoms with Gasteiger partial charge in [0, 0.05) is 19.6 Å². The van der Waals surface area contributed by atoms with Gasteiger partial charge in [-0.2, -0.15) is 0 Å². The van der Waals surface area contributed by atoms with Crippen LogP contribution in [0.25, 0.3) is 0 Å². The first-order chi connectivity index (χ1) is 7.70. The monoisotopic (exact) mass is 225 g/mol. The lowest BCUT2D eigenvalue weighted by Gasteiger charge is -2.32. The van der Waals surface area contributed by atoms with E-state index in [9.17, 15) is 9.59 Å². The summed E-state index contributed by atoms with van der Waals surface area (Å²) in [6.45, 7) is 4.92. The molecule has 0 aromatic rings. The summed E-state index contributed by atoms with van der Waals surface area (Å²) in [4.78, 5) is 27.0. The molecule has 5 nitrogen and oxygen atoms in total. The second-order valence-electron chi connectivity index (χ2n) is 4.14. The molecule has 2 heterocycles. The first-order valence-electron chi connectivity index (χ1n) is 5.70. The molecule has 2 aliphatic heterocycles. The van der Waals surface area contributed by atoms with Gasteiger partial charge < -0.3 is 14.5 Å². The Morgan fingerprint density at radius 2 is 2.06 bits per heavy atom. The maximum atomic E-state index is 12.1. The molecule has 0 saturated carbocycles. The van der Waals surface area contributed by atoms with Gasteiger partial charge >= 0.3 is 0 Å². The first-order valence-corrected chi connectivity index (χ1v) is 5.70. The molecule has 0 N–H and O–H groups in total. The predicted molar refractivity (Wildman–Crippen MR) is 57.5 cm³/mol. The van der Waals surface area contributed by atoms with E-state index in [2.05, 4.69) is 0 Å². The first kappa shape index (κ1) is 11.4. The molecule has 16 heavy (non-hydrogen) atoms. The van der Waals surface area contributed by atoms with E-state index in [1.807, 2.05) is 0 Å². The molecule has 1 atom stereocenters. The number of carbonyl (C=O) groups excluding carboxylic acids is 2. The summed E-state index contributed by atoms with van der Waals surface area (Å²) < 4.78 is 5.20. The van der Waals surface area contributed by atoms with Crippen molar-refractivity contribution in [2.24, 2.45) is 0 Å². The van der Waals surface area contributed by atoms with E-state index in [1.165, 1.54) is 0 Å². The van der Waals surface area contributed by atoms with Gasteiger partial charge in [0.2, 0.25) is 11.8 Å². The van der Waals surface area contributed by atoms with Gasteiger partial charge in [-0.1, -0.05) is 0 Å². The highest BCUT2D eigenvalue weighted by atomic mass is 16.5. The number of amides is 2. The number of likely N-dealkylation sites (tertiary alicyclic amines) is 1. The third-order valence-corrected chi connectivity index (χ3v) is 3.12. The Morgan fingerprint density at radius 3 is 2.62 bits per heavy atom. The summed E-state index contributed by atoms with van der Waals surface area (Å²) in [6.07, 6.45) is 2.39. The molecule has 0 aromatic carbocycles. The fourth-order valence-corrected chi connectivity index (χ4v) is 2.12. The second-order valence-corrected chi connectivity index (χ2v) is 4.14. The van der Waals surface area contributed by atoms with Gasteiger partial charge in [-0.15, -0.1) is 0 Å². The van der Waals surface area contributed by atoms with Crippen LogP contribution in [0, 0.1) is 6.42 Å². The molecule has 0 aromatic heterocycles. The van der Waals surface area contributed by atoms with Crippen molar-refractivity contribution in [3.05, 3.63) is 6.42 Å². The minimum atomic E-state index is -0.343. The lowest BCUT2D eigenvalue weighted by molar-refractivity contribution is -0.144. The van der Waals surface area contributed by atoms with E-state index in [0.29, 0.717) is 32.8 Å². The number of hydrogen-bond donors (Lipinski definition) is 0. The van der Waals surface area contributed by atoms with Crippen LogP contribution in [0.1, 0.15) is 13.3 Å². The normalized spacial score (nSPS) is 23.7. The van der Waals surface area contributed by atoms with Crippen LogP contribution in [0.3, 0.4) is 0 Å². The van der Waals surface area contributed by atoms with E-state index in [-0.39, 0.29) is 17.9 Å². The number of hydrogen-bond acceptors (Lipinski definition) is 3. The SMILES string of the molecule is C[C@@H](C(=O)N1CCOCC1)N1CC[CH]C1=O. The topological polar surface area (TPSA) is 49.9 Å². The second kappa shape index (κ2) is 4.82. The van der Waals surface area contributed by atoms with Gasteiger partial charge in [-0.05, 0) is 13.3 Å². The molecule has 2 amide bonds. The third kappa shape index (κ3) is 2.19. The highest BCUT2D eigenvalue weighted by Gasteiger charge is 2.32. The van der Waals surface area contributed by atoms with Crippen LogP contribution in [0.4, 0.5) is 0 Å². The Kier molecular flexibility index (Phi) is 3.43. The van der Waals surface area contributed by atoms with Crippen molar-refractivity contribution in [2.45, 2.75) is 19.4 Å². The number of ether oxygens (including phenoxy) is 1. The zero-order valence-electron chi connectivity index (χ0n) is 9.52. The van der Waals surface area contributed by atoms with Crippen molar-refractivity contribution in [3.8, 4) is 0 Å². The highest BCUT2D eigenvalue weighted by Crippen LogP contribution is 2.14. The molecule has 0 spiro atoms. The molecule has 89 valence electrons. The van der Waals surface area contributed by atoms with Crippen LogP contribution in [0.15, 0.2) is 0 Å². The lowest BCUT2D eigenvalue weighted by atomic mass is 10.2. The van der Waals surface area contributed by atoms with Crippen LogP contribution in [-0.2, 0) is 14.3 Å². The molecule has 0 aliphatic carbocycles. The molecule has 2 saturated heterocycles. The average molecular weight is 225 g/mol. The van der Waals surface area contributed by atoms with Crippen molar-refractivity contribution >= 4 is 11.8 Å². The summed E-state index contributed by atoms with van der Waals surface area (Å²) in [5.41, 5.74) is 0. The summed E-state index contributed by atoms with van der Waals surface area (Å²) in [5, 5.41) is 0. The fourth-order valence-electron chi connectivity index (χ4n) is 2.12. The third-order valence-electron chi connectivity index (χ3n) is 3.12. The quantitative estimate of drug-likeness (QED) is 0.646. The van der Waals surface area contributed by atoms with E-state index in [4.69, 9.17) is 4.74 Å². The van der Waals surface area contributed by atoms with Gasteiger partial charge in [-0.25, -0.2) is 0 Å². The Bertz CT molecular complexity index is 287. The Hall–Kier alpha value is -1.10. The van der Waals surface area contributed by atoms with E-state index < -0.39 is 0 Å². The van der Waals surface area contributed by atoms with Crippen LogP contribution in [0.2, 0.25) is 0 Å². The Balaban J connectivity index is 1.95. The molecule has 0 bridgehead atoms. The summed E-state index contributed by atoms with van der Waals surface area (Å²) in [6, 6.07) is -0.343. The number of morpholine rings is 1. The maximum Gasteiger partial charge on any atom is 0.245 e. The standard InChI is InChI=1S/C11H17N2O3/c1-9(13-4-2-3-10(13)14)11(15)12-5-7-16-8-6-12/h3,9H,2,4-8H2,1H3/t9-/m0/s1.